The molecule has 0 saturated carbocycles. The predicted octanol–water partition coefficient (Wildman–Crippen LogP) is 0.223. The van der Waals surface area contributed by atoms with Gasteiger partial charge >= 0.3 is 6.09 Å². The van der Waals surface area contributed by atoms with Gasteiger partial charge in [-0.1, -0.05) is 20.8 Å². The molecule has 6 heteroatoms. The minimum absolute atomic E-state index is 0.0313. The number of ether oxygens (including phenoxy) is 1. The van der Waals surface area contributed by atoms with Crippen LogP contribution in [0.25, 0.3) is 0 Å². The highest BCUT2D eigenvalue weighted by molar-refractivity contribution is 5.84. The number of nitrogens with zero attached hydrogens (tertiary/aromatic N) is 1. The first kappa shape index (κ1) is 11.8. The van der Waals surface area contributed by atoms with E-state index in [0.29, 0.717) is 0 Å². The average molecular weight is 216 g/mol. The Kier molecular flexibility index (Phi) is 2.90. The Bertz CT molecular complexity index is 284. The molecule has 0 aromatic rings. The second-order valence-corrected chi connectivity index (χ2v) is 4.66. The Labute approximate surface area is 88.0 Å². The normalized spacial score (nSPS) is 26.7. The molecule has 15 heavy (non-hydrogen) atoms. The van der Waals surface area contributed by atoms with E-state index in [0.717, 1.165) is 4.90 Å². The smallest absolute Gasteiger partial charge is 0.410 e. The Morgan fingerprint density at radius 1 is 1.47 bits per heavy atom. The van der Waals surface area contributed by atoms with E-state index in [1.165, 1.54) is 0 Å². The van der Waals surface area contributed by atoms with Crippen LogP contribution in [0.3, 0.4) is 0 Å². The lowest BCUT2D eigenvalue weighted by Crippen LogP contribution is -2.51. The van der Waals surface area contributed by atoms with Crippen LogP contribution in [0, 0.1) is 5.41 Å². The van der Waals surface area contributed by atoms with Crippen LogP contribution in [0.15, 0.2) is 0 Å². The standard InChI is InChI=1S/C9H16N2O4/c1-9(2,3)7-11(8(13)14)5(4-15-7)6(10)12/h5,7H,4H2,1-3H3,(H2,10,12)(H,13,14)/t5-,7?/m0/s1. The molecule has 1 unspecified atom stereocenters. The molecule has 2 atom stereocenters. The van der Waals surface area contributed by atoms with Crippen molar-refractivity contribution in [3.05, 3.63) is 0 Å². The summed E-state index contributed by atoms with van der Waals surface area (Å²) >= 11 is 0. The fourth-order valence-corrected chi connectivity index (χ4v) is 1.63. The Hall–Kier alpha value is -1.30. The predicted molar refractivity (Wildman–Crippen MR) is 52.0 cm³/mol. The summed E-state index contributed by atoms with van der Waals surface area (Å²) in [6.45, 7) is 5.56. The van der Waals surface area contributed by atoms with E-state index in [-0.39, 0.29) is 12.0 Å². The van der Waals surface area contributed by atoms with E-state index in [9.17, 15) is 9.59 Å². The number of carboxylic acid groups (broad SMARTS) is 1. The van der Waals surface area contributed by atoms with Crippen LogP contribution in [-0.4, -0.2) is 40.9 Å². The fourth-order valence-electron chi connectivity index (χ4n) is 1.63. The highest BCUT2D eigenvalue weighted by Crippen LogP contribution is 2.31. The molecule has 1 heterocycles. The van der Waals surface area contributed by atoms with Crippen LogP contribution >= 0.6 is 0 Å². The van der Waals surface area contributed by atoms with Crippen LogP contribution in [0.5, 0.6) is 0 Å². The minimum atomic E-state index is -1.18. The largest absolute Gasteiger partial charge is 0.465 e. The lowest BCUT2D eigenvalue weighted by Gasteiger charge is -2.33. The van der Waals surface area contributed by atoms with Gasteiger partial charge in [0, 0.05) is 5.41 Å². The second kappa shape index (κ2) is 3.69. The molecule has 0 aromatic carbocycles. The first-order valence-electron chi connectivity index (χ1n) is 4.67. The molecule has 86 valence electrons. The number of amides is 2. The first-order valence-corrected chi connectivity index (χ1v) is 4.67. The molecule has 2 amide bonds. The van der Waals surface area contributed by atoms with Crippen molar-refractivity contribution in [2.45, 2.75) is 33.0 Å². The van der Waals surface area contributed by atoms with Crippen LogP contribution in [0.2, 0.25) is 0 Å². The number of hydrogen-bond acceptors (Lipinski definition) is 3. The zero-order valence-electron chi connectivity index (χ0n) is 9.06. The Balaban J connectivity index is 2.95. The van der Waals surface area contributed by atoms with E-state index in [4.69, 9.17) is 15.6 Å². The number of rotatable bonds is 1. The summed E-state index contributed by atoms with van der Waals surface area (Å²) in [5.41, 5.74) is 4.72. The quantitative estimate of drug-likeness (QED) is 0.655. The third kappa shape index (κ3) is 2.20. The van der Waals surface area contributed by atoms with Gasteiger partial charge in [-0.05, 0) is 0 Å². The minimum Gasteiger partial charge on any atom is -0.465 e. The molecule has 1 saturated heterocycles. The summed E-state index contributed by atoms with van der Waals surface area (Å²) in [4.78, 5) is 23.0. The average Bonchev–Trinajstić information content (AvgIpc) is 2.45. The van der Waals surface area contributed by atoms with Crippen molar-refractivity contribution >= 4 is 12.0 Å². The number of nitrogens with two attached hydrogens (primary N) is 1. The van der Waals surface area contributed by atoms with E-state index in [1.807, 2.05) is 20.8 Å². The molecule has 0 bridgehead atoms. The third-order valence-corrected chi connectivity index (χ3v) is 2.29. The summed E-state index contributed by atoms with van der Waals surface area (Å²) < 4.78 is 5.31. The summed E-state index contributed by atoms with van der Waals surface area (Å²) in [5.74, 6) is -0.677. The van der Waals surface area contributed by atoms with Crippen LogP contribution in [0.1, 0.15) is 20.8 Å². The maximum absolute atomic E-state index is 11.0. The van der Waals surface area contributed by atoms with E-state index in [2.05, 4.69) is 0 Å². The lowest BCUT2D eigenvalue weighted by molar-refractivity contribution is -0.122. The highest BCUT2D eigenvalue weighted by atomic mass is 16.5. The zero-order valence-corrected chi connectivity index (χ0v) is 9.06. The molecular formula is C9H16N2O4. The zero-order chi connectivity index (χ0) is 11.8. The van der Waals surface area contributed by atoms with E-state index in [1.54, 1.807) is 0 Å². The summed E-state index contributed by atoms with van der Waals surface area (Å²) in [6, 6.07) is -0.883. The van der Waals surface area contributed by atoms with Gasteiger partial charge in [0.25, 0.3) is 0 Å². The van der Waals surface area contributed by atoms with Crippen molar-refractivity contribution in [3.63, 3.8) is 0 Å². The fraction of sp³-hybridized carbons (Fsp3) is 0.778. The van der Waals surface area contributed by atoms with Gasteiger partial charge in [0.15, 0.2) is 0 Å². The van der Waals surface area contributed by atoms with Crippen LogP contribution in [-0.2, 0) is 9.53 Å². The van der Waals surface area contributed by atoms with Gasteiger partial charge in [-0.3, -0.25) is 9.69 Å². The van der Waals surface area contributed by atoms with Gasteiger partial charge in [-0.25, -0.2) is 4.79 Å². The molecule has 0 aromatic heterocycles. The maximum Gasteiger partial charge on any atom is 0.410 e. The lowest BCUT2D eigenvalue weighted by atomic mass is 9.93. The monoisotopic (exact) mass is 216 g/mol. The molecule has 0 radical (unpaired) electrons. The summed E-state index contributed by atoms with van der Waals surface area (Å²) in [5, 5.41) is 9.00. The molecule has 3 N–H and O–H groups in total. The number of primary amides is 1. The highest BCUT2D eigenvalue weighted by Gasteiger charge is 2.46. The van der Waals surface area contributed by atoms with E-state index >= 15 is 0 Å². The molecular weight excluding hydrogens is 200 g/mol. The van der Waals surface area contributed by atoms with Crippen molar-refractivity contribution < 1.29 is 19.4 Å². The molecule has 1 aliphatic heterocycles. The van der Waals surface area contributed by atoms with Gasteiger partial charge in [0.2, 0.25) is 5.91 Å². The van der Waals surface area contributed by atoms with Crippen molar-refractivity contribution in [3.8, 4) is 0 Å². The number of carbonyl (C=O) groups is 2. The SMILES string of the molecule is CC(C)(C)C1OC[C@@H](C(N)=O)N1C(=O)O. The van der Waals surface area contributed by atoms with E-state index < -0.39 is 24.3 Å². The Morgan fingerprint density at radius 2 is 2.00 bits per heavy atom. The van der Waals surface area contributed by atoms with Gasteiger partial charge in [-0.2, -0.15) is 0 Å². The van der Waals surface area contributed by atoms with Crippen LogP contribution in [0.4, 0.5) is 4.79 Å². The summed E-state index contributed by atoms with van der Waals surface area (Å²) in [6.07, 6.45) is -1.82. The summed E-state index contributed by atoms with van der Waals surface area (Å²) in [7, 11) is 0. The van der Waals surface area contributed by atoms with Gasteiger partial charge in [0.1, 0.15) is 12.3 Å². The maximum atomic E-state index is 11.0. The topological polar surface area (TPSA) is 92.9 Å². The molecule has 6 nitrogen and oxygen atoms in total. The molecule has 1 rings (SSSR count). The molecule has 0 aliphatic carbocycles. The van der Waals surface area contributed by atoms with Crippen LogP contribution < -0.4 is 5.73 Å². The first-order chi connectivity index (χ1) is 6.75. The Morgan fingerprint density at radius 3 is 2.33 bits per heavy atom. The second-order valence-electron chi connectivity index (χ2n) is 4.66. The molecule has 0 spiro atoms. The van der Waals surface area contributed by atoms with Gasteiger partial charge < -0.3 is 15.6 Å². The third-order valence-electron chi connectivity index (χ3n) is 2.29. The van der Waals surface area contributed by atoms with Crippen molar-refractivity contribution in [1.82, 2.24) is 4.90 Å². The van der Waals surface area contributed by atoms with Gasteiger partial charge in [-0.15, -0.1) is 0 Å². The van der Waals surface area contributed by atoms with Crippen molar-refractivity contribution in [2.24, 2.45) is 11.1 Å². The van der Waals surface area contributed by atoms with Crippen molar-refractivity contribution in [2.75, 3.05) is 6.61 Å². The molecule has 1 fully saturated rings. The number of carbonyl (C=O) groups excluding carboxylic acids is 1. The number of hydrogen-bond donors (Lipinski definition) is 2. The molecule has 1 aliphatic rings. The van der Waals surface area contributed by atoms with Crippen molar-refractivity contribution in [1.29, 1.82) is 0 Å². The van der Waals surface area contributed by atoms with Gasteiger partial charge in [0.05, 0.1) is 6.61 Å².